The molecule has 0 aliphatic carbocycles. The average molecular weight is 539 g/mol. The van der Waals surface area contributed by atoms with Gasteiger partial charge in [0.25, 0.3) is 11.8 Å². The number of carbonyl (C=O) groups is 2. The molecule has 10 nitrogen and oxygen atoms in total. The highest BCUT2D eigenvalue weighted by Gasteiger charge is 2.36. The minimum atomic E-state index is -4.86. The monoisotopic (exact) mass is 538 g/mol. The number of aliphatic imine (C=N–C) groups is 1. The Labute approximate surface area is 220 Å². The van der Waals surface area contributed by atoms with Gasteiger partial charge in [-0.15, -0.1) is 0 Å². The van der Waals surface area contributed by atoms with Crippen LogP contribution < -0.4 is 21.7 Å². The predicted molar refractivity (Wildman–Crippen MR) is 143 cm³/mol. The van der Waals surface area contributed by atoms with E-state index < -0.39 is 41.1 Å². The number of halogens is 3. The first-order valence-corrected chi connectivity index (χ1v) is 11.7. The minimum absolute atomic E-state index is 0.0555. The van der Waals surface area contributed by atoms with Crippen LogP contribution in [0.25, 0.3) is 16.5 Å². The number of aromatic nitrogens is 1. The van der Waals surface area contributed by atoms with E-state index in [1.807, 2.05) is 6.07 Å². The van der Waals surface area contributed by atoms with Gasteiger partial charge in [-0.1, -0.05) is 42.5 Å². The van der Waals surface area contributed by atoms with Crippen LogP contribution in [0, 0.1) is 10.8 Å². The molecule has 0 spiro atoms. The highest BCUT2D eigenvalue weighted by Crippen LogP contribution is 2.37. The van der Waals surface area contributed by atoms with Crippen LogP contribution in [0.3, 0.4) is 0 Å². The van der Waals surface area contributed by atoms with Crippen LogP contribution in [0.5, 0.6) is 0 Å². The van der Waals surface area contributed by atoms with Crippen LogP contribution in [0.15, 0.2) is 65.4 Å². The molecule has 2 amide bonds. The fourth-order valence-electron chi connectivity index (χ4n) is 4.41. The summed E-state index contributed by atoms with van der Waals surface area (Å²) in [5.74, 6) is -2.05. The number of carbonyl (C=O) groups excluding carboxylic acids is 2. The lowest BCUT2D eigenvalue weighted by Gasteiger charge is -2.22. The summed E-state index contributed by atoms with van der Waals surface area (Å²) in [6, 6.07) is 12.6. The average Bonchev–Trinajstić information content (AvgIpc) is 3.21. The van der Waals surface area contributed by atoms with Crippen LogP contribution in [0.4, 0.5) is 18.9 Å². The molecule has 7 N–H and O–H groups in total. The number of hydrogen-bond donors (Lipinski definition) is 5. The van der Waals surface area contributed by atoms with Crippen LogP contribution in [0.2, 0.25) is 0 Å². The van der Waals surface area contributed by atoms with E-state index in [1.165, 1.54) is 22.7 Å². The lowest BCUT2D eigenvalue weighted by Crippen LogP contribution is -2.51. The number of likely N-dealkylation sites (N-methyl/N-ethyl adjacent to an activating group) is 1. The second-order valence-electron chi connectivity index (χ2n) is 8.87. The molecule has 2 aromatic carbocycles. The standard InChI is InChI=1S/C26H25F3N8O2/c1-36-19-9-5-8-15-17(16(11-30)22(32)26(27,28)29)12-37(21(15)19)13-18(25(36)39)34-24(38)23(33)35-20(31)10-14-6-3-2-4-7-14/h2-9,11-12,18,30H,10,13,32H2,1H3,(H,34,38)(H3,31,33,35)/b22-16+,30-11?/t18-/m0/s1. The first-order chi connectivity index (χ1) is 18.4. The van der Waals surface area contributed by atoms with E-state index in [9.17, 15) is 22.8 Å². The van der Waals surface area contributed by atoms with E-state index in [2.05, 4.69) is 10.3 Å². The highest BCUT2D eigenvalue weighted by molar-refractivity contribution is 6.39. The quantitative estimate of drug-likeness (QED) is 0.249. The summed E-state index contributed by atoms with van der Waals surface area (Å²) in [5.41, 5.74) is 10.9. The van der Waals surface area contributed by atoms with Gasteiger partial charge < -0.3 is 31.7 Å². The van der Waals surface area contributed by atoms with Gasteiger partial charge in [-0.25, -0.2) is 4.99 Å². The van der Waals surface area contributed by atoms with Gasteiger partial charge in [0, 0.05) is 42.4 Å². The summed E-state index contributed by atoms with van der Waals surface area (Å²) in [5, 5.41) is 18.5. The zero-order chi connectivity index (χ0) is 28.5. The number of benzene rings is 2. The van der Waals surface area contributed by atoms with Crippen molar-refractivity contribution in [2.24, 2.45) is 16.5 Å². The van der Waals surface area contributed by atoms with Gasteiger partial charge in [-0.05, 0) is 11.6 Å². The van der Waals surface area contributed by atoms with Crippen LogP contribution in [-0.4, -0.2) is 53.5 Å². The van der Waals surface area contributed by atoms with Crippen LogP contribution >= 0.6 is 0 Å². The Balaban J connectivity index is 1.66. The number of alkyl halides is 3. The number of anilines is 1. The maximum absolute atomic E-state index is 13.4. The van der Waals surface area contributed by atoms with Gasteiger partial charge in [0.05, 0.1) is 17.7 Å². The molecular formula is C26H25F3N8O2. The fourth-order valence-corrected chi connectivity index (χ4v) is 4.41. The van der Waals surface area contributed by atoms with Crippen molar-refractivity contribution in [2.45, 2.75) is 25.2 Å². The Morgan fingerprint density at radius 2 is 1.87 bits per heavy atom. The smallest absolute Gasteiger partial charge is 0.394 e. The molecule has 4 rings (SSSR count). The van der Waals surface area contributed by atoms with Crippen LogP contribution in [-0.2, 0) is 22.6 Å². The number of nitrogens with one attached hydrogen (secondary N) is 3. The second kappa shape index (κ2) is 10.4. The first-order valence-electron chi connectivity index (χ1n) is 11.7. The third-order valence-electron chi connectivity index (χ3n) is 6.28. The molecule has 202 valence electrons. The molecular weight excluding hydrogens is 513 g/mol. The maximum atomic E-state index is 13.4. The second-order valence-corrected chi connectivity index (χ2v) is 8.87. The molecule has 0 fully saturated rings. The molecule has 0 bridgehead atoms. The molecule has 13 heteroatoms. The Morgan fingerprint density at radius 3 is 2.51 bits per heavy atom. The van der Waals surface area contributed by atoms with E-state index in [1.54, 1.807) is 42.5 Å². The Bertz CT molecular complexity index is 1540. The lowest BCUT2D eigenvalue weighted by atomic mass is 10.0. The molecule has 0 radical (unpaired) electrons. The van der Waals surface area contributed by atoms with Gasteiger partial charge >= 0.3 is 6.18 Å². The van der Waals surface area contributed by atoms with Gasteiger partial charge in [-0.2, -0.15) is 13.2 Å². The summed E-state index contributed by atoms with van der Waals surface area (Å²) in [6.07, 6.45) is -2.81. The van der Waals surface area contributed by atoms with Crippen molar-refractivity contribution < 1.29 is 22.8 Å². The highest BCUT2D eigenvalue weighted by atomic mass is 19.4. The molecule has 39 heavy (non-hydrogen) atoms. The Morgan fingerprint density at radius 1 is 1.18 bits per heavy atom. The van der Waals surface area contributed by atoms with E-state index >= 15 is 0 Å². The number of nitrogens with two attached hydrogens (primary N) is 2. The van der Waals surface area contributed by atoms with Crippen molar-refractivity contribution in [3.63, 3.8) is 0 Å². The van der Waals surface area contributed by atoms with Crippen molar-refractivity contribution in [1.29, 1.82) is 10.8 Å². The topological polar surface area (TPSA) is 166 Å². The molecule has 1 aromatic heterocycles. The third kappa shape index (κ3) is 5.37. The molecule has 1 aliphatic heterocycles. The summed E-state index contributed by atoms with van der Waals surface area (Å²) < 4.78 is 41.7. The van der Waals surface area contributed by atoms with Crippen molar-refractivity contribution in [3.8, 4) is 0 Å². The SMILES string of the molecule is CN1C(=O)[C@@H](NC(=O)C(N)=NC(=N)Cc2ccccc2)Cn2cc(/C(C=N)=C(/N)C(F)(F)F)c3cccc1c32. The van der Waals surface area contributed by atoms with E-state index in [0.717, 1.165) is 5.56 Å². The van der Waals surface area contributed by atoms with Crippen molar-refractivity contribution in [1.82, 2.24) is 9.88 Å². The summed E-state index contributed by atoms with van der Waals surface area (Å²) in [7, 11) is 1.48. The van der Waals surface area contributed by atoms with Gasteiger partial charge in [0.1, 0.15) is 17.6 Å². The number of para-hydroxylation sites is 1. The molecule has 0 saturated carbocycles. The van der Waals surface area contributed by atoms with Crippen LogP contribution in [0.1, 0.15) is 11.1 Å². The number of amides is 2. The number of hydrogen-bond acceptors (Lipinski definition) is 5. The number of amidine groups is 2. The fraction of sp³-hybridized carbons (Fsp3) is 0.192. The van der Waals surface area contributed by atoms with Crippen molar-refractivity contribution in [2.75, 3.05) is 11.9 Å². The van der Waals surface area contributed by atoms with Crippen molar-refractivity contribution >= 4 is 51.9 Å². The van der Waals surface area contributed by atoms with E-state index in [0.29, 0.717) is 22.8 Å². The molecule has 0 unspecified atom stereocenters. The molecule has 1 aliphatic rings. The van der Waals surface area contributed by atoms with Crippen molar-refractivity contribution in [3.05, 3.63) is 71.6 Å². The zero-order valence-corrected chi connectivity index (χ0v) is 20.7. The Kier molecular flexibility index (Phi) is 7.25. The number of rotatable bonds is 5. The first kappa shape index (κ1) is 27.1. The third-order valence-corrected chi connectivity index (χ3v) is 6.28. The predicted octanol–water partition coefficient (Wildman–Crippen LogP) is 2.56. The summed E-state index contributed by atoms with van der Waals surface area (Å²) >= 11 is 0. The number of allylic oxidation sites excluding steroid dienone is 2. The Hall–Kier alpha value is -4.94. The van der Waals surface area contributed by atoms with E-state index in [4.69, 9.17) is 22.3 Å². The largest absolute Gasteiger partial charge is 0.431 e. The van der Waals surface area contributed by atoms with Gasteiger partial charge in [0.2, 0.25) is 0 Å². The summed E-state index contributed by atoms with van der Waals surface area (Å²) in [4.78, 5) is 31.2. The normalized spacial score (nSPS) is 16.5. The molecule has 1 atom stereocenters. The molecule has 2 heterocycles. The molecule has 0 saturated heterocycles. The maximum Gasteiger partial charge on any atom is 0.431 e. The van der Waals surface area contributed by atoms with E-state index in [-0.39, 0.29) is 24.4 Å². The number of nitrogens with zero attached hydrogens (tertiary/aromatic N) is 3. The van der Waals surface area contributed by atoms with Gasteiger partial charge in [-0.3, -0.25) is 15.0 Å². The van der Waals surface area contributed by atoms with Gasteiger partial charge in [0.15, 0.2) is 5.84 Å². The molecule has 3 aromatic rings. The zero-order valence-electron chi connectivity index (χ0n) is 20.7. The summed E-state index contributed by atoms with van der Waals surface area (Å²) in [6.45, 7) is -0.144. The lowest BCUT2D eigenvalue weighted by molar-refractivity contribution is -0.124. The minimum Gasteiger partial charge on any atom is -0.394 e.